The molecule has 0 unspecified atom stereocenters. The molecule has 0 radical (unpaired) electrons. The van der Waals surface area contributed by atoms with Crippen LogP contribution in [0.2, 0.25) is 0 Å². The van der Waals surface area contributed by atoms with Crippen molar-refractivity contribution in [2.24, 2.45) is 0 Å². The van der Waals surface area contributed by atoms with E-state index in [4.69, 9.17) is 0 Å². The van der Waals surface area contributed by atoms with E-state index in [2.05, 4.69) is 11.9 Å². The molecule has 0 aliphatic carbocycles. The molecular formula is C14H19N3O2. The molecule has 2 heterocycles. The highest BCUT2D eigenvalue weighted by Crippen LogP contribution is 2.02. The van der Waals surface area contributed by atoms with Crippen LogP contribution in [0, 0.1) is 0 Å². The Kier molecular flexibility index (Phi) is 4.49. The number of aromatic nitrogens is 3. The van der Waals surface area contributed by atoms with Gasteiger partial charge in [-0.15, -0.1) is 0 Å². The quantitative estimate of drug-likeness (QED) is 0.745. The molecule has 0 atom stereocenters. The molecule has 5 nitrogen and oxygen atoms in total. The molecule has 0 spiro atoms. The van der Waals surface area contributed by atoms with Crippen LogP contribution in [-0.4, -0.2) is 14.0 Å². The molecular weight excluding hydrogens is 242 g/mol. The summed E-state index contributed by atoms with van der Waals surface area (Å²) < 4.78 is 2.63. The van der Waals surface area contributed by atoms with Gasteiger partial charge >= 0.3 is 11.4 Å². The van der Waals surface area contributed by atoms with Crippen molar-refractivity contribution in [2.75, 3.05) is 0 Å². The minimum Gasteiger partial charge on any atom is -0.253 e. The Balaban J connectivity index is 2.19. The van der Waals surface area contributed by atoms with Gasteiger partial charge in [-0.2, -0.15) is 4.98 Å². The van der Waals surface area contributed by atoms with Gasteiger partial charge in [-0.05, 0) is 18.6 Å². The van der Waals surface area contributed by atoms with Gasteiger partial charge in [-0.25, -0.2) is 14.2 Å². The van der Waals surface area contributed by atoms with Crippen LogP contribution in [-0.2, 0) is 6.54 Å². The lowest BCUT2D eigenvalue weighted by molar-refractivity contribution is 0.528. The number of nitrogens with zero attached hydrogens (tertiary/aromatic N) is 3. The first-order valence-electron chi connectivity index (χ1n) is 6.82. The van der Waals surface area contributed by atoms with Gasteiger partial charge in [0.05, 0.1) is 0 Å². The van der Waals surface area contributed by atoms with Crippen LogP contribution >= 0.6 is 0 Å². The van der Waals surface area contributed by atoms with Gasteiger partial charge in [-0.1, -0.05) is 38.7 Å². The molecule has 0 N–H and O–H groups in total. The van der Waals surface area contributed by atoms with E-state index in [9.17, 15) is 9.59 Å². The van der Waals surface area contributed by atoms with Crippen molar-refractivity contribution in [3.63, 3.8) is 0 Å². The average molecular weight is 261 g/mol. The molecule has 0 aliphatic rings. The van der Waals surface area contributed by atoms with Gasteiger partial charge in [0.1, 0.15) is 5.65 Å². The zero-order valence-electron chi connectivity index (χ0n) is 11.2. The Hall–Kier alpha value is -1.91. The third-order valence-electron chi connectivity index (χ3n) is 3.20. The van der Waals surface area contributed by atoms with Crippen molar-refractivity contribution in [3.05, 3.63) is 45.4 Å². The summed E-state index contributed by atoms with van der Waals surface area (Å²) in [5, 5.41) is 0. The van der Waals surface area contributed by atoms with Crippen molar-refractivity contribution < 1.29 is 0 Å². The smallest absolute Gasteiger partial charge is 0.253 e. The fourth-order valence-electron chi connectivity index (χ4n) is 2.12. The Morgan fingerprint density at radius 2 is 1.89 bits per heavy atom. The topological polar surface area (TPSA) is 56.4 Å². The second-order valence-corrected chi connectivity index (χ2v) is 4.67. The summed E-state index contributed by atoms with van der Waals surface area (Å²) in [7, 11) is 0. The lowest BCUT2D eigenvalue weighted by atomic mass is 10.1. The highest BCUT2D eigenvalue weighted by molar-refractivity contribution is 5.35. The van der Waals surface area contributed by atoms with Crippen LogP contribution in [0.1, 0.15) is 39.0 Å². The molecule has 0 bridgehead atoms. The first-order valence-corrected chi connectivity index (χ1v) is 6.82. The fourth-order valence-corrected chi connectivity index (χ4v) is 2.12. The highest BCUT2D eigenvalue weighted by atomic mass is 16.2. The summed E-state index contributed by atoms with van der Waals surface area (Å²) in [4.78, 5) is 27.9. The number of hydrogen-bond donors (Lipinski definition) is 0. The molecule has 0 aromatic carbocycles. The maximum Gasteiger partial charge on any atom is 0.353 e. The van der Waals surface area contributed by atoms with Gasteiger partial charge in [0.15, 0.2) is 0 Å². The summed E-state index contributed by atoms with van der Waals surface area (Å²) in [6.07, 6.45) is 7.04. The number of fused-ring (bicyclic) bond motifs is 1. The summed E-state index contributed by atoms with van der Waals surface area (Å²) in [5.74, 6) is 0. The Bertz CT molecular complexity index is 658. The van der Waals surface area contributed by atoms with E-state index in [0.29, 0.717) is 12.2 Å². The van der Waals surface area contributed by atoms with Crippen molar-refractivity contribution in [3.8, 4) is 0 Å². The van der Waals surface area contributed by atoms with E-state index in [1.54, 1.807) is 24.4 Å². The van der Waals surface area contributed by atoms with Crippen LogP contribution in [0.25, 0.3) is 5.65 Å². The summed E-state index contributed by atoms with van der Waals surface area (Å²) in [5.41, 5.74) is -0.350. The molecule has 0 fully saturated rings. The molecule has 0 saturated carbocycles. The largest absolute Gasteiger partial charge is 0.353 e. The maximum absolute atomic E-state index is 12.2. The van der Waals surface area contributed by atoms with Crippen LogP contribution in [0.3, 0.4) is 0 Å². The van der Waals surface area contributed by atoms with Crippen molar-refractivity contribution >= 4 is 5.65 Å². The van der Waals surface area contributed by atoms with E-state index in [1.165, 1.54) is 21.8 Å². The average Bonchev–Trinajstić information content (AvgIpc) is 2.42. The number of pyridine rings is 1. The predicted molar refractivity (Wildman–Crippen MR) is 74.5 cm³/mol. The SMILES string of the molecule is CCCCCCCn1c(=O)nc2ccccn2c1=O. The van der Waals surface area contributed by atoms with E-state index in [0.717, 1.165) is 19.3 Å². The normalized spacial score (nSPS) is 11.0. The summed E-state index contributed by atoms with van der Waals surface area (Å²) in [6, 6.07) is 5.18. The standard InChI is InChI=1S/C14H19N3O2/c1-2-3-4-5-7-11-17-13(18)15-12-9-6-8-10-16(12)14(17)19/h6,8-10H,2-5,7,11H2,1H3. The van der Waals surface area contributed by atoms with Crippen molar-refractivity contribution in [1.29, 1.82) is 0 Å². The van der Waals surface area contributed by atoms with Gasteiger partial charge in [0.25, 0.3) is 0 Å². The molecule has 2 rings (SSSR count). The molecule has 2 aromatic rings. The third-order valence-corrected chi connectivity index (χ3v) is 3.20. The summed E-state index contributed by atoms with van der Waals surface area (Å²) >= 11 is 0. The van der Waals surface area contributed by atoms with Gasteiger partial charge in [-0.3, -0.25) is 4.40 Å². The highest BCUT2D eigenvalue weighted by Gasteiger charge is 2.06. The minimum atomic E-state index is -0.452. The van der Waals surface area contributed by atoms with Gasteiger partial charge < -0.3 is 0 Å². The molecule has 0 aliphatic heterocycles. The number of unbranched alkanes of at least 4 members (excludes halogenated alkanes) is 4. The maximum atomic E-state index is 12.2. The summed E-state index contributed by atoms with van der Waals surface area (Å²) in [6.45, 7) is 2.61. The van der Waals surface area contributed by atoms with Gasteiger partial charge in [0, 0.05) is 12.7 Å². The molecule has 2 aromatic heterocycles. The molecule has 102 valence electrons. The number of hydrogen-bond acceptors (Lipinski definition) is 3. The Morgan fingerprint density at radius 3 is 2.68 bits per heavy atom. The monoisotopic (exact) mass is 261 g/mol. The Labute approximate surface area is 111 Å². The lowest BCUT2D eigenvalue weighted by Crippen LogP contribution is -2.39. The van der Waals surface area contributed by atoms with Gasteiger partial charge in [0.2, 0.25) is 0 Å². The Morgan fingerprint density at radius 1 is 1.11 bits per heavy atom. The predicted octanol–water partition coefficient (Wildman–Crippen LogP) is 1.83. The molecule has 0 amide bonds. The van der Waals surface area contributed by atoms with E-state index in [-0.39, 0.29) is 5.69 Å². The number of rotatable bonds is 6. The fraction of sp³-hybridized carbons (Fsp3) is 0.500. The van der Waals surface area contributed by atoms with Crippen LogP contribution in [0.5, 0.6) is 0 Å². The van der Waals surface area contributed by atoms with Crippen LogP contribution in [0.15, 0.2) is 34.0 Å². The third kappa shape index (κ3) is 3.10. The van der Waals surface area contributed by atoms with Crippen LogP contribution < -0.4 is 11.4 Å². The van der Waals surface area contributed by atoms with Crippen LogP contribution in [0.4, 0.5) is 0 Å². The molecule has 19 heavy (non-hydrogen) atoms. The zero-order chi connectivity index (χ0) is 13.7. The second kappa shape index (κ2) is 6.31. The van der Waals surface area contributed by atoms with E-state index in [1.807, 2.05) is 0 Å². The zero-order valence-corrected chi connectivity index (χ0v) is 11.2. The first-order chi connectivity index (χ1) is 9.24. The van der Waals surface area contributed by atoms with Crippen molar-refractivity contribution in [2.45, 2.75) is 45.6 Å². The molecule has 0 saturated heterocycles. The lowest BCUT2D eigenvalue weighted by Gasteiger charge is -2.06. The van der Waals surface area contributed by atoms with E-state index >= 15 is 0 Å². The van der Waals surface area contributed by atoms with Crippen molar-refractivity contribution in [1.82, 2.24) is 14.0 Å². The first kappa shape index (κ1) is 13.5. The minimum absolute atomic E-state index is 0.300. The van der Waals surface area contributed by atoms with E-state index < -0.39 is 5.69 Å². The molecule has 5 heteroatoms. The second-order valence-electron chi connectivity index (χ2n) is 4.67.